The minimum Gasteiger partial charge on any atom is -0.396 e. The van der Waals surface area contributed by atoms with Crippen LogP contribution < -0.4 is 11.1 Å². The lowest BCUT2D eigenvalue weighted by Gasteiger charge is -2.12. The van der Waals surface area contributed by atoms with Crippen molar-refractivity contribution in [2.75, 3.05) is 11.1 Å². The molecule has 1 aromatic heterocycles. The van der Waals surface area contributed by atoms with Crippen LogP contribution in [0.4, 0.5) is 11.5 Å². The number of pyridine rings is 1. The second-order valence-electron chi connectivity index (χ2n) is 3.22. The van der Waals surface area contributed by atoms with Crippen molar-refractivity contribution in [3.63, 3.8) is 0 Å². The van der Waals surface area contributed by atoms with Gasteiger partial charge in [-0.25, -0.2) is 4.98 Å². The highest BCUT2D eigenvalue weighted by Crippen LogP contribution is 2.19. The second-order valence-corrected chi connectivity index (χ2v) is 3.22. The average molecular weight is 187 g/mol. The number of nitrogens with zero attached hydrogens (tertiary/aromatic N) is 1. The Bertz CT molecular complexity index is 380. The third-order valence-electron chi connectivity index (χ3n) is 2.13. The zero-order chi connectivity index (χ0) is 9.80. The molecule has 0 bridgehead atoms. The minimum absolute atomic E-state index is 0.683. The molecule has 0 fully saturated rings. The number of nitrogens with one attached hydrogen (secondary N) is 1. The summed E-state index contributed by atoms with van der Waals surface area (Å²) in [5.74, 6) is 0.744. The van der Waals surface area contributed by atoms with Crippen LogP contribution in [0.2, 0.25) is 0 Å². The Morgan fingerprint density at radius 2 is 2.36 bits per heavy atom. The van der Waals surface area contributed by atoms with E-state index in [2.05, 4.69) is 22.5 Å². The Labute approximate surface area is 83.3 Å². The molecule has 3 N–H and O–H groups in total. The van der Waals surface area contributed by atoms with E-state index in [0.717, 1.165) is 24.4 Å². The zero-order valence-corrected chi connectivity index (χ0v) is 7.90. The Kier molecular flexibility index (Phi) is 2.49. The third-order valence-corrected chi connectivity index (χ3v) is 2.13. The van der Waals surface area contributed by atoms with E-state index in [1.165, 1.54) is 0 Å². The number of hydrogen-bond acceptors (Lipinski definition) is 3. The molecule has 2 rings (SSSR count). The first-order chi connectivity index (χ1) is 6.86. The van der Waals surface area contributed by atoms with E-state index in [4.69, 9.17) is 5.73 Å². The summed E-state index contributed by atoms with van der Waals surface area (Å²) < 4.78 is 0. The van der Waals surface area contributed by atoms with E-state index in [9.17, 15) is 0 Å². The molecule has 0 saturated carbocycles. The van der Waals surface area contributed by atoms with E-state index >= 15 is 0 Å². The fourth-order valence-electron chi connectivity index (χ4n) is 1.38. The van der Waals surface area contributed by atoms with Gasteiger partial charge in [-0.05, 0) is 31.1 Å². The van der Waals surface area contributed by atoms with Gasteiger partial charge in [0.1, 0.15) is 0 Å². The summed E-state index contributed by atoms with van der Waals surface area (Å²) in [7, 11) is 0. The molecule has 0 amide bonds. The van der Waals surface area contributed by atoms with Gasteiger partial charge in [-0.15, -0.1) is 0 Å². The number of nitrogen functional groups attached to an aromatic ring is 1. The number of rotatable bonds is 2. The molecule has 1 aliphatic carbocycles. The van der Waals surface area contributed by atoms with Crippen LogP contribution in [0.1, 0.15) is 12.8 Å². The van der Waals surface area contributed by atoms with Gasteiger partial charge in [-0.3, -0.25) is 0 Å². The Morgan fingerprint density at radius 3 is 3.07 bits per heavy atom. The predicted octanol–water partition coefficient (Wildman–Crippen LogP) is 2.31. The smallest absolute Gasteiger partial charge is 0.153 e. The molecule has 1 aromatic rings. The van der Waals surface area contributed by atoms with Gasteiger partial charge in [0.2, 0.25) is 0 Å². The van der Waals surface area contributed by atoms with Gasteiger partial charge < -0.3 is 11.1 Å². The van der Waals surface area contributed by atoms with E-state index < -0.39 is 0 Å². The molecule has 3 heteroatoms. The summed E-state index contributed by atoms with van der Waals surface area (Å²) in [5, 5.41) is 3.22. The van der Waals surface area contributed by atoms with Gasteiger partial charge in [0.25, 0.3) is 0 Å². The van der Waals surface area contributed by atoms with Crippen molar-refractivity contribution >= 4 is 11.5 Å². The van der Waals surface area contributed by atoms with Crippen molar-refractivity contribution in [1.29, 1.82) is 0 Å². The Hall–Kier alpha value is -1.77. The molecular formula is C11H13N3. The van der Waals surface area contributed by atoms with Crippen molar-refractivity contribution < 1.29 is 0 Å². The zero-order valence-electron chi connectivity index (χ0n) is 7.90. The van der Waals surface area contributed by atoms with Crippen molar-refractivity contribution in [2.45, 2.75) is 12.8 Å². The molecule has 0 aromatic carbocycles. The Balaban J connectivity index is 2.14. The lowest BCUT2D eigenvalue weighted by molar-refractivity contribution is 0.962. The lowest BCUT2D eigenvalue weighted by Crippen LogP contribution is -2.05. The van der Waals surface area contributed by atoms with Gasteiger partial charge in [-0.1, -0.05) is 12.2 Å². The topological polar surface area (TPSA) is 50.9 Å². The summed E-state index contributed by atoms with van der Waals surface area (Å²) >= 11 is 0. The molecule has 3 nitrogen and oxygen atoms in total. The van der Waals surface area contributed by atoms with E-state index in [1.807, 2.05) is 18.2 Å². The molecule has 14 heavy (non-hydrogen) atoms. The highest BCUT2D eigenvalue weighted by Gasteiger charge is 2.03. The number of allylic oxidation sites excluding steroid dienone is 4. The number of anilines is 2. The molecule has 1 aliphatic rings. The van der Waals surface area contributed by atoms with Gasteiger partial charge in [0.15, 0.2) is 5.82 Å². The molecule has 0 aliphatic heterocycles. The molecule has 1 heterocycles. The number of nitrogens with two attached hydrogens (primary N) is 1. The highest BCUT2D eigenvalue weighted by molar-refractivity contribution is 5.63. The largest absolute Gasteiger partial charge is 0.396 e. The highest BCUT2D eigenvalue weighted by atomic mass is 15.0. The van der Waals surface area contributed by atoms with Crippen LogP contribution in [0, 0.1) is 0 Å². The molecular weight excluding hydrogens is 174 g/mol. The summed E-state index contributed by atoms with van der Waals surface area (Å²) in [5.41, 5.74) is 7.62. The minimum atomic E-state index is 0.683. The predicted molar refractivity (Wildman–Crippen MR) is 58.7 cm³/mol. The van der Waals surface area contributed by atoms with E-state index in [0.29, 0.717) is 5.69 Å². The molecule has 0 unspecified atom stereocenters. The van der Waals surface area contributed by atoms with Crippen LogP contribution in [0.5, 0.6) is 0 Å². The summed E-state index contributed by atoms with van der Waals surface area (Å²) in [4.78, 5) is 4.17. The normalized spacial score (nSPS) is 15.0. The van der Waals surface area contributed by atoms with Crippen molar-refractivity contribution in [3.05, 3.63) is 42.3 Å². The number of hydrogen-bond donors (Lipinski definition) is 2. The van der Waals surface area contributed by atoms with Crippen LogP contribution in [0.3, 0.4) is 0 Å². The van der Waals surface area contributed by atoms with Crippen LogP contribution in [0.25, 0.3) is 0 Å². The summed E-state index contributed by atoms with van der Waals surface area (Å²) in [6.45, 7) is 0. The van der Waals surface area contributed by atoms with Crippen LogP contribution in [-0.2, 0) is 0 Å². The fraction of sp³-hybridized carbons (Fsp3) is 0.182. The fourth-order valence-corrected chi connectivity index (χ4v) is 1.38. The van der Waals surface area contributed by atoms with Gasteiger partial charge in [0, 0.05) is 11.9 Å². The third kappa shape index (κ3) is 1.93. The molecule has 0 spiro atoms. The van der Waals surface area contributed by atoms with E-state index in [-0.39, 0.29) is 0 Å². The molecule has 72 valence electrons. The maximum Gasteiger partial charge on any atom is 0.153 e. The van der Waals surface area contributed by atoms with Crippen molar-refractivity contribution in [3.8, 4) is 0 Å². The van der Waals surface area contributed by atoms with Crippen LogP contribution >= 0.6 is 0 Å². The van der Waals surface area contributed by atoms with Gasteiger partial charge in [-0.2, -0.15) is 0 Å². The maximum atomic E-state index is 5.77. The summed E-state index contributed by atoms with van der Waals surface area (Å²) in [6.07, 6.45) is 10.1. The molecule has 0 saturated heterocycles. The van der Waals surface area contributed by atoms with Gasteiger partial charge >= 0.3 is 0 Å². The van der Waals surface area contributed by atoms with Gasteiger partial charge in [0.05, 0.1) is 5.69 Å². The second kappa shape index (κ2) is 3.96. The quantitative estimate of drug-likeness (QED) is 0.747. The Morgan fingerprint density at radius 1 is 1.43 bits per heavy atom. The maximum absolute atomic E-state index is 5.77. The first-order valence-electron chi connectivity index (χ1n) is 4.69. The van der Waals surface area contributed by atoms with Crippen molar-refractivity contribution in [1.82, 2.24) is 4.98 Å². The van der Waals surface area contributed by atoms with Crippen molar-refractivity contribution in [2.24, 2.45) is 0 Å². The SMILES string of the molecule is Nc1cccnc1NC1=CC=CCC1. The average Bonchev–Trinajstić information content (AvgIpc) is 2.23. The molecule has 0 atom stereocenters. The van der Waals surface area contributed by atoms with Crippen LogP contribution in [0.15, 0.2) is 42.3 Å². The monoisotopic (exact) mass is 187 g/mol. The standard InChI is InChI=1S/C11H13N3/c12-10-7-4-8-13-11(10)14-9-5-2-1-3-6-9/h1-2,4-5,7-8H,3,6,12H2,(H,13,14). The first kappa shape index (κ1) is 8.81. The number of aromatic nitrogens is 1. The first-order valence-corrected chi connectivity index (χ1v) is 4.69. The summed E-state index contributed by atoms with van der Waals surface area (Å²) in [6, 6.07) is 3.67. The van der Waals surface area contributed by atoms with E-state index in [1.54, 1.807) is 6.20 Å². The molecule has 0 radical (unpaired) electrons. The lowest BCUT2D eigenvalue weighted by atomic mass is 10.1. The van der Waals surface area contributed by atoms with Crippen LogP contribution in [-0.4, -0.2) is 4.98 Å².